The smallest absolute Gasteiger partial charge is 0.326 e. The lowest BCUT2D eigenvalue weighted by Crippen LogP contribution is -2.71. The molecule has 9 nitrogen and oxygen atoms in total. The summed E-state index contributed by atoms with van der Waals surface area (Å²) in [6.07, 6.45) is 4.08. The molecule has 2 aliphatic rings. The molecule has 0 amide bonds. The minimum absolute atomic E-state index is 0.181. The predicted octanol–water partition coefficient (Wildman–Crippen LogP) is 2.72. The van der Waals surface area contributed by atoms with Gasteiger partial charge in [0.05, 0.1) is 29.0 Å². The average Bonchev–Trinajstić information content (AvgIpc) is 3.11. The highest BCUT2D eigenvalue weighted by Crippen LogP contribution is 2.46. The quantitative estimate of drug-likeness (QED) is 0.461. The zero-order valence-corrected chi connectivity index (χ0v) is 17.1. The minimum atomic E-state index is -0.326. The predicted molar refractivity (Wildman–Crippen MR) is 115 cm³/mol. The van der Waals surface area contributed by atoms with E-state index in [1.165, 1.54) is 12.1 Å². The molecule has 6 rings (SSSR count). The zero-order chi connectivity index (χ0) is 21.3. The number of ether oxygens (including phenoxy) is 1. The Morgan fingerprint density at radius 2 is 2.06 bits per heavy atom. The first-order valence-electron chi connectivity index (χ1n) is 10.2. The van der Waals surface area contributed by atoms with Gasteiger partial charge in [-0.2, -0.15) is 9.97 Å². The fourth-order valence-corrected chi connectivity index (χ4v) is 4.62. The molecule has 4 heterocycles. The second kappa shape index (κ2) is 6.48. The van der Waals surface area contributed by atoms with Crippen molar-refractivity contribution in [2.24, 2.45) is 11.7 Å². The number of anilines is 2. The van der Waals surface area contributed by atoms with Crippen LogP contribution in [0.15, 0.2) is 24.5 Å². The maximum Gasteiger partial charge on any atom is 0.326 e. The van der Waals surface area contributed by atoms with Crippen LogP contribution < -0.4 is 20.7 Å². The molecular formula is C21H21FN8O. The lowest BCUT2D eigenvalue weighted by molar-refractivity contribution is 0.121. The monoisotopic (exact) mass is 420 g/mol. The molecule has 4 N–H and O–H groups in total. The van der Waals surface area contributed by atoms with Crippen LogP contribution in [0.25, 0.3) is 21.9 Å². The molecule has 1 unspecified atom stereocenters. The van der Waals surface area contributed by atoms with E-state index in [0.717, 1.165) is 35.1 Å². The molecule has 1 aromatic carbocycles. The topological polar surface area (TPSA) is 118 Å². The molecule has 0 bridgehead atoms. The molecule has 1 saturated carbocycles. The highest BCUT2D eigenvalue weighted by Gasteiger charge is 2.52. The first-order chi connectivity index (χ1) is 15.0. The Morgan fingerprint density at radius 1 is 1.26 bits per heavy atom. The number of hydrogen-bond donors (Lipinski definition) is 3. The molecule has 4 aromatic rings. The molecule has 3 atom stereocenters. The highest BCUT2D eigenvalue weighted by atomic mass is 19.1. The minimum Gasteiger partial charge on any atom is -0.421 e. The number of H-pyrrole nitrogens is 1. The van der Waals surface area contributed by atoms with Crippen molar-refractivity contribution in [3.8, 4) is 11.8 Å². The third kappa shape index (κ3) is 2.71. The summed E-state index contributed by atoms with van der Waals surface area (Å²) in [6.45, 7) is 2.61. The van der Waals surface area contributed by atoms with Crippen LogP contribution in [0.2, 0.25) is 0 Å². The number of aromatic amines is 1. The van der Waals surface area contributed by atoms with E-state index in [1.54, 1.807) is 26.4 Å². The molecule has 0 radical (unpaired) electrons. The normalized spacial score (nSPS) is 22.2. The van der Waals surface area contributed by atoms with Crippen LogP contribution >= 0.6 is 0 Å². The van der Waals surface area contributed by atoms with Crippen molar-refractivity contribution in [3.63, 3.8) is 0 Å². The van der Waals surface area contributed by atoms with Gasteiger partial charge >= 0.3 is 6.01 Å². The number of nitrogens with two attached hydrogens (primary N) is 1. The number of aromatic nitrogens is 5. The number of benzene rings is 1. The zero-order valence-electron chi connectivity index (χ0n) is 17.1. The van der Waals surface area contributed by atoms with E-state index in [2.05, 4.69) is 30.2 Å². The Labute approximate surface area is 176 Å². The molecule has 0 spiro atoms. The van der Waals surface area contributed by atoms with E-state index in [-0.39, 0.29) is 17.9 Å². The second-order valence-corrected chi connectivity index (χ2v) is 8.16. The third-order valence-electron chi connectivity index (χ3n) is 6.36. The summed E-state index contributed by atoms with van der Waals surface area (Å²) in [4.78, 5) is 23.1. The molecular weight excluding hydrogens is 399 g/mol. The largest absolute Gasteiger partial charge is 0.421 e. The summed E-state index contributed by atoms with van der Waals surface area (Å²) in [5.74, 6) is 1.96. The third-order valence-corrected chi connectivity index (χ3v) is 6.36. The van der Waals surface area contributed by atoms with Crippen molar-refractivity contribution >= 4 is 33.4 Å². The van der Waals surface area contributed by atoms with E-state index in [1.807, 2.05) is 0 Å². The Balaban J connectivity index is 1.53. The van der Waals surface area contributed by atoms with Crippen molar-refractivity contribution in [2.75, 3.05) is 23.8 Å². The first-order valence-corrected chi connectivity index (χ1v) is 10.2. The van der Waals surface area contributed by atoms with Crippen molar-refractivity contribution in [1.82, 2.24) is 24.9 Å². The lowest BCUT2D eigenvalue weighted by Gasteiger charge is -2.59. The van der Waals surface area contributed by atoms with Crippen LogP contribution in [0.4, 0.5) is 15.9 Å². The Morgan fingerprint density at radius 3 is 2.74 bits per heavy atom. The van der Waals surface area contributed by atoms with E-state index < -0.39 is 0 Å². The maximum absolute atomic E-state index is 14.4. The molecule has 1 saturated heterocycles. The van der Waals surface area contributed by atoms with Gasteiger partial charge < -0.3 is 25.7 Å². The van der Waals surface area contributed by atoms with Crippen LogP contribution in [-0.2, 0) is 0 Å². The van der Waals surface area contributed by atoms with E-state index in [9.17, 15) is 4.39 Å². The summed E-state index contributed by atoms with van der Waals surface area (Å²) in [5, 5.41) is 4.55. The van der Waals surface area contributed by atoms with Gasteiger partial charge in [0.1, 0.15) is 23.1 Å². The van der Waals surface area contributed by atoms with Gasteiger partial charge in [-0.1, -0.05) is 0 Å². The van der Waals surface area contributed by atoms with E-state index >= 15 is 0 Å². The van der Waals surface area contributed by atoms with Crippen molar-refractivity contribution < 1.29 is 9.13 Å². The summed E-state index contributed by atoms with van der Waals surface area (Å²) < 4.78 is 20.2. The number of aryl methyl sites for hydroxylation is 1. The summed E-state index contributed by atoms with van der Waals surface area (Å²) >= 11 is 0. The van der Waals surface area contributed by atoms with Gasteiger partial charge in [-0.25, -0.2) is 14.4 Å². The number of nitrogens with zero attached hydrogens (tertiary/aromatic N) is 5. The van der Waals surface area contributed by atoms with Gasteiger partial charge in [0, 0.05) is 37.0 Å². The number of hydrogen-bond acceptors (Lipinski definition) is 8. The highest BCUT2D eigenvalue weighted by molar-refractivity contribution is 6.14. The molecule has 3 aromatic heterocycles. The number of fused-ring (bicyclic) bond motifs is 4. The van der Waals surface area contributed by atoms with Crippen LogP contribution in [-0.4, -0.2) is 50.6 Å². The molecule has 1 aliphatic heterocycles. The van der Waals surface area contributed by atoms with Gasteiger partial charge in [-0.15, -0.1) is 0 Å². The van der Waals surface area contributed by atoms with Gasteiger partial charge in [-0.05, 0) is 25.5 Å². The van der Waals surface area contributed by atoms with Crippen LogP contribution in [0.3, 0.4) is 0 Å². The molecule has 2 fully saturated rings. The van der Waals surface area contributed by atoms with Crippen LogP contribution in [0.1, 0.15) is 12.2 Å². The standard InChI is InChI=1S/C21H21FN8O/c1-9-25-6-11(7-26-9)31-21-28-19-17(12-3-10(22)4-15(24-2)18(12)27-19)20(29-21)30-8-13-14(23)5-16(13)30/h3-4,6-7,13-14,16,24H,5,8,23H2,1-2H3,(H,27,28,29)/t13-,14-,16?/m1/s1. The first kappa shape index (κ1) is 18.3. The number of nitrogens with one attached hydrogen (secondary N) is 2. The molecule has 158 valence electrons. The van der Waals surface area contributed by atoms with Crippen LogP contribution in [0, 0.1) is 18.7 Å². The Hall–Kier alpha value is -3.53. The summed E-state index contributed by atoms with van der Waals surface area (Å²) in [7, 11) is 1.76. The summed E-state index contributed by atoms with van der Waals surface area (Å²) in [5.41, 5.74) is 8.13. The fraction of sp³-hybridized carbons (Fsp3) is 0.333. The Bertz CT molecular complexity index is 1320. The Kier molecular flexibility index (Phi) is 3.82. The fourth-order valence-electron chi connectivity index (χ4n) is 4.62. The number of rotatable bonds is 4. The second-order valence-electron chi connectivity index (χ2n) is 8.16. The number of halogens is 1. The van der Waals surface area contributed by atoms with Gasteiger partial charge in [0.25, 0.3) is 0 Å². The van der Waals surface area contributed by atoms with E-state index in [0.29, 0.717) is 34.9 Å². The lowest BCUT2D eigenvalue weighted by atomic mass is 9.67. The SMILES string of the molecule is CNc1cc(F)cc2c1[nH]c1nc(Oc3cnc(C)nc3)nc(N3C[C@H]4C3C[C@H]4N)c12. The van der Waals surface area contributed by atoms with Crippen LogP contribution in [0.5, 0.6) is 11.8 Å². The van der Waals surface area contributed by atoms with E-state index in [4.69, 9.17) is 15.5 Å². The van der Waals surface area contributed by atoms with Gasteiger partial charge in [0.2, 0.25) is 0 Å². The summed E-state index contributed by atoms with van der Waals surface area (Å²) in [6, 6.07) is 3.72. The van der Waals surface area contributed by atoms with Crippen molar-refractivity contribution in [1.29, 1.82) is 0 Å². The van der Waals surface area contributed by atoms with Gasteiger partial charge in [-0.3, -0.25) is 0 Å². The molecule has 1 aliphatic carbocycles. The molecule has 31 heavy (non-hydrogen) atoms. The average molecular weight is 420 g/mol. The molecule has 10 heteroatoms. The maximum atomic E-state index is 14.4. The van der Waals surface area contributed by atoms with Gasteiger partial charge in [0.15, 0.2) is 5.75 Å². The van der Waals surface area contributed by atoms with Crippen molar-refractivity contribution in [3.05, 3.63) is 36.2 Å². The van der Waals surface area contributed by atoms with Crippen molar-refractivity contribution in [2.45, 2.75) is 25.4 Å². The number of piperidine rings is 1.